The molecular formula is C18H32O16. The standard InChI is InChI=1S/C18H32O16/c19-1-4-8(22)12(26)15(16(29)31-4)34-18-14(28)11(25)9(23)6(33-18)3-30-17-13(27)10(24)7(21)5(2-20)32-17/h4-29H,1-3H2/t4-,5-,6-,7-,8-,9-,10+,11+,12+,13-,14-,15-,16?,17+,18+/m1/s1. The van der Waals surface area contributed by atoms with E-state index in [2.05, 4.69) is 0 Å². The van der Waals surface area contributed by atoms with Crippen LogP contribution in [0.1, 0.15) is 0 Å². The lowest BCUT2D eigenvalue weighted by atomic mass is 9.97. The van der Waals surface area contributed by atoms with Crippen LogP contribution in [-0.2, 0) is 23.7 Å². The van der Waals surface area contributed by atoms with Gasteiger partial charge in [0.05, 0.1) is 19.8 Å². The number of ether oxygens (including phenoxy) is 5. The monoisotopic (exact) mass is 504 g/mol. The number of hydrogen-bond acceptors (Lipinski definition) is 16. The van der Waals surface area contributed by atoms with E-state index in [1.54, 1.807) is 0 Å². The van der Waals surface area contributed by atoms with Crippen molar-refractivity contribution in [3.8, 4) is 0 Å². The Kier molecular flexibility index (Phi) is 9.54. The van der Waals surface area contributed by atoms with E-state index < -0.39 is 112 Å². The lowest BCUT2D eigenvalue weighted by Gasteiger charge is -2.45. The molecule has 3 fully saturated rings. The van der Waals surface area contributed by atoms with Gasteiger partial charge in [0.25, 0.3) is 0 Å². The van der Waals surface area contributed by atoms with Crippen molar-refractivity contribution in [1.82, 2.24) is 0 Å². The predicted molar refractivity (Wildman–Crippen MR) is 101 cm³/mol. The van der Waals surface area contributed by atoms with E-state index >= 15 is 0 Å². The van der Waals surface area contributed by atoms with Crippen LogP contribution in [0, 0.1) is 0 Å². The summed E-state index contributed by atoms with van der Waals surface area (Å²) in [4.78, 5) is 0. The molecule has 0 spiro atoms. The first-order valence-corrected chi connectivity index (χ1v) is 10.6. The van der Waals surface area contributed by atoms with E-state index in [0.29, 0.717) is 0 Å². The van der Waals surface area contributed by atoms with Crippen molar-refractivity contribution >= 4 is 0 Å². The highest BCUT2D eigenvalue weighted by atomic mass is 16.7. The minimum absolute atomic E-state index is 0.616. The molecule has 200 valence electrons. The lowest BCUT2D eigenvalue weighted by molar-refractivity contribution is -0.367. The van der Waals surface area contributed by atoms with E-state index in [9.17, 15) is 51.1 Å². The summed E-state index contributed by atoms with van der Waals surface area (Å²) < 4.78 is 26.1. The molecule has 3 aliphatic heterocycles. The summed E-state index contributed by atoms with van der Waals surface area (Å²) in [7, 11) is 0. The summed E-state index contributed by atoms with van der Waals surface area (Å²) in [5.74, 6) is 0. The Labute approximate surface area is 192 Å². The first-order valence-electron chi connectivity index (χ1n) is 10.6. The maximum absolute atomic E-state index is 10.2. The Morgan fingerprint density at radius 1 is 0.500 bits per heavy atom. The third-order valence-electron chi connectivity index (χ3n) is 6.08. The van der Waals surface area contributed by atoms with Gasteiger partial charge in [-0.2, -0.15) is 0 Å². The van der Waals surface area contributed by atoms with Gasteiger partial charge >= 0.3 is 0 Å². The maximum atomic E-state index is 10.2. The normalized spacial score (nSPS) is 52.5. The zero-order valence-electron chi connectivity index (χ0n) is 17.7. The molecule has 0 bridgehead atoms. The first kappa shape index (κ1) is 27.9. The average Bonchev–Trinajstić information content (AvgIpc) is 2.82. The molecular weight excluding hydrogens is 472 g/mol. The van der Waals surface area contributed by atoms with Gasteiger partial charge in [0.1, 0.15) is 73.2 Å². The molecule has 3 saturated heterocycles. The molecule has 11 N–H and O–H groups in total. The van der Waals surface area contributed by atoms with Gasteiger partial charge in [-0.3, -0.25) is 0 Å². The smallest absolute Gasteiger partial charge is 0.187 e. The minimum atomic E-state index is -1.88. The van der Waals surface area contributed by atoms with Crippen LogP contribution >= 0.6 is 0 Å². The van der Waals surface area contributed by atoms with E-state index in [1.807, 2.05) is 0 Å². The van der Waals surface area contributed by atoms with Gasteiger partial charge < -0.3 is 79.9 Å². The Balaban J connectivity index is 1.64. The van der Waals surface area contributed by atoms with E-state index in [-0.39, 0.29) is 0 Å². The average molecular weight is 504 g/mol. The molecule has 16 heteroatoms. The van der Waals surface area contributed by atoms with Crippen molar-refractivity contribution in [2.45, 2.75) is 92.1 Å². The largest absolute Gasteiger partial charge is 0.394 e. The molecule has 0 amide bonds. The molecule has 3 rings (SSSR count). The number of aliphatic hydroxyl groups excluding tert-OH is 11. The second kappa shape index (κ2) is 11.6. The molecule has 0 aromatic rings. The Bertz CT molecular complexity index is 639. The van der Waals surface area contributed by atoms with E-state index in [0.717, 1.165) is 0 Å². The van der Waals surface area contributed by atoms with Gasteiger partial charge in [0.15, 0.2) is 18.9 Å². The molecule has 15 atom stereocenters. The van der Waals surface area contributed by atoms with Crippen LogP contribution in [0.3, 0.4) is 0 Å². The summed E-state index contributed by atoms with van der Waals surface area (Å²) in [6.45, 7) is -2.03. The van der Waals surface area contributed by atoms with Gasteiger partial charge in [0, 0.05) is 0 Å². The molecule has 0 aromatic carbocycles. The van der Waals surface area contributed by atoms with Gasteiger partial charge in [0.2, 0.25) is 0 Å². The summed E-state index contributed by atoms with van der Waals surface area (Å²) in [6, 6.07) is 0. The third-order valence-corrected chi connectivity index (χ3v) is 6.08. The van der Waals surface area contributed by atoms with Crippen molar-refractivity contribution < 1.29 is 79.9 Å². The fraction of sp³-hybridized carbons (Fsp3) is 1.00. The fourth-order valence-electron chi connectivity index (χ4n) is 3.94. The van der Waals surface area contributed by atoms with Crippen LogP contribution in [0.2, 0.25) is 0 Å². The van der Waals surface area contributed by atoms with Crippen molar-refractivity contribution in [1.29, 1.82) is 0 Å². The van der Waals surface area contributed by atoms with Gasteiger partial charge in [-0.1, -0.05) is 0 Å². The van der Waals surface area contributed by atoms with E-state index in [1.165, 1.54) is 0 Å². The van der Waals surface area contributed by atoms with Crippen LogP contribution < -0.4 is 0 Å². The van der Waals surface area contributed by atoms with Crippen molar-refractivity contribution in [2.24, 2.45) is 0 Å². The highest BCUT2D eigenvalue weighted by Gasteiger charge is 2.51. The van der Waals surface area contributed by atoms with Crippen LogP contribution in [0.15, 0.2) is 0 Å². The highest BCUT2D eigenvalue weighted by molar-refractivity contribution is 4.94. The summed E-state index contributed by atoms with van der Waals surface area (Å²) in [5.41, 5.74) is 0. The van der Waals surface area contributed by atoms with Crippen LogP contribution in [0.25, 0.3) is 0 Å². The van der Waals surface area contributed by atoms with Gasteiger partial charge in [-0.05, 0) is 0 Å². The number of hydrogen-bond donors (Lipinski definition) is 11. The molecule has 0 radical (unpaired) electrons. The summed E-state index contributed by atoms with van der Waals surface area (Å²) in [5, 5.41) is 109. The highest BCUT2D eigenvalue weighted by Crippen LogP contribution is 2.29. The molecule has 3 heterocycles. The van der Waals surface area contributed by atoms with Crippen LogP contribution in [0.5, 0.6) is 0 Å². The van der Waals surface area contributed by atoms with Crippen LogP contribution in [0.4, 0.5) is 0 Å². The Hall–Kier alpha value is -0.640. The molecule has 0 aromatic heterocycles. The lowest BCUT2D eigenvalue weighted by Crippen LogP contribution is -2.64. The molecule has 16 nitrogen and oxygen atoms in total. The van der Waals surface area contributed by atoms with Crippen molar-refractivity contribution in [3.05, 3.63) is 0 Å². The fourth-order valence-corrected chi connectivity index (χ4v) is 3.94. The molecule has 0 aliphatic carbocycles. The quantitative estimate of drug-likeness (QED) is 0.154. The number of aliphatic hydroxyl groups is 11. The number of rotatable bonds is 7. The minimum Gasteiger partial charge on any atom is -0.394 e. The molecule has 1 unspecified atom stereocenters. The predicted octanol–water partition coefficient (Wildman–Crippen LogP) is -7.57. The Morgan fingerprint density at radius 3 is 1.56 bits per heavy atom. The van der Waals surface area contributed by atoms with Crippen molar-refractivity contribution in [3.63, 3.8) is 0 Å². The second-order valence-electron chi connectivity index (χ2n) is 8.37. The zero-order chi connectivity index (χ0) is 25.3. The van der Waals surface area contributed by atoms with Gasteiger partial charge in [-0.15, -0.1) is 0 Å². The molecule has 3 aliphatic rings. The second-order valence-corrected chi connectivity index (χ2v) is 8.37. The molecule has 0 saturated carbocycles. The van der Waals surface area contributed by atoms with Gasteiger partial charge in [-0.25, -0.2) is 0 Å². The molecule has 34 heavy (non-hydrogen) atoms. The SMILES string of the molecule is OC[C@H]1O[C@H](OC[C@H]2O[C@@H](O[C@H]3C(O)O[C@H](CO)[C@@H](O)[C@@H]3O)[C@H](O)[C@@H](O)[C@@H]2O)[C@H](O)[C@@H](O)[C@@H]1O. The Morgan fingerprint density at radius 2 is 0.971 bits per heavy atom. The van der Waals surface area contributed by atoms with E-state index in [4.69, 9.17) is 28.8 Å². The maximum Gasteiger partial charge on any atom is 0.187 e. The topological polar surface area (TPSA) is 269 Å². The zero-order valence-corrected chi connectivity index (χ0v) is 17.7. The summed E-state index contributed by atoms with van der Waals surface area (Å²) >= 11 is 0. The first-order chi connectivity index (χ1) is 16.0. The summed E-state index contributed by atoms with van der Waals surface area (Å²) in [6.07, 6.45) is -25.0. The van der Waals surface area contributed by atoms with Crippen LogP contribution in [-0.4, -0.2) is 168 Å². The van der Waals surface area contributed by atoms with Crippen molar-refractivity contribution in [2.75, 3.05) is 19.8 Å². The third kappa shape index (κ3) is 5.52.